The summed E-state index contributed by atoms with van der Waals surface area (Å²) in [6.07, 6.45) is 8.15. The summed E-state index contributed by atoms with van der Waals surface area (Å²) in [4.78, 5) is 6.75. The molecule has 24 heavy (non-hydrogen) atoms. The van der Waals surface area contributed by atoms with Gasteiger partial charge in [0.1, 0.15) is 12.2 Å². The third kappa shape index (κ3) is 6.54. The van der Waals surface area contributed by atoms with E-state index in [2.05, 4.69) is 49.3 Å². The molecule has 1 aromatic rings. The number of guanidine groups is 1. The van der Waals surface area contributed by atoms with Crippen molar-refractivity contribution in [3.8, 4) is 0 Å². The van der Waals surface area contributed by atoms with E-state index in [1.807, 2.05) is 7.05 Å². The zero-order valence-electron chi connectivity index (χ0n) is 15.2. The predicted molar refractivity (Wildman–Crippen MR) is 109 cm³/mol. The molecule has 0 atom stereocenters. The number of nitrogens with zero attached hydrogens (tertiary/aromatic N) is 5. The van der Waals surface area contributed by atoms with Gasteiger partial charge in [0.25, 0.3) is 0 Å². The summed E-state index contributed by atoms with van der Waals surface area (Å²) >= 11 is 0. The summed E-state index contributed by atoms with van der Waals surface area (Å²) in [5.41, 5.74) is 0. The summed E-state index contributed by atoms with van der Waals surface area (Å²) in [6.45, 7) is 5.72. The van der Waals surface area contributed by atoms with E-state index in [9.17, 15) is 0 Å². The lowest BCUT2D eigenvalue weighted by molar-refractivity contribution is 0.249. The van der Waals surface area contributed by atoms with Crippen LogP contribution in [-0.4, -0.2) is 65.4 Å². The Hall–Kier alpha value is -0.900. The Bertz CT molecular complexity index is 483. The van der Waals surface area contributed by atoms with E-state index in [0.29, 0.717) is 0 Å². The molecule has 1 aliphatic rings. The first kappa shape index (κ1) is 21.1. The SMILES string of the molecule is CCc1nncn1CCNC(=NC)NCCN(C)C1CCCC1.I. The molecular weight excluding hydrogens is 417 g/mol. The fourth-order valence-corrected chi connectivity index (χ4v) is 3.13. The van der Waals surface area contributed by atoms with Crippen molar-refractivity contribution < 1.29 is 0 Å². The fourth-order valence-electron chi connectivity index (χ4n) is 3.13. The van der Waals surface area contributed by atoms with Crippen molar-refractivity contribution in [3.63, 3.8) is 0 Å². The number of aryl methyl sites for hydroxylation is 1. The molecule has 1 aromatic heterocycles. The Morgan fingerprint density at radius 3 is 2.71 bits per heavy atom. The lowest BCUT2D eigenvalue weighted by atomic mass is 10.2. The van der Waals surface area contributed by atoms with Gasteiger partial charge in [-0.2, -0.15) is 0 Å². The van der Waals surface area contributed by atoms with E-state index in [1.165, 1.54) is 25.7 Å². The molecule has 0 bridgehead atoms. The second kappa shape index (κ2) is 11.6. The molecule has 0 spiro atoms. The Morgan fingerprint density at radius 2 is 2.04 bits per heavy atom. The maximum absolute atomic E-state index is 4.28. The van der Waals surface area contributed by atoms with Crippen LogP contribution in [-0.2, 0) is 13.0 Å². The van der Waals surface area contributed by atoms with Crippen LogP contribution in [0.25, 0.3) is 0 Å². The molecule has 0 saturated heterocycles. The van der Waals surface area contributed by atoms with Crippen LogP contribution < -0.4 is 10.6 Å². The van der Waals surface area contributed by atoms with Crippen LogP contribution in [0.5, 0.6) is 0 Å². The van der Waals surface area contributed by atoms with Crippen LogP contribution in [0.2, 0.25) is 0 Å². The van der Waals surface area contributed by atoms with Gasteiger partial charge in [0.05, 0.1) is 0 Å². The van der Waals surface area contributed by atoms with Crippen molar-refractivity contribution in [1.82, 2.24) is 30.3 Å². The van der Waals surface area contributed by atoms with Crippen LogP contribution in [0.15, 0.2) is 11.3 Å². The summed E-state index contributed by atoms with van der Waals surface area (Å²) in [5, 5.41) is 14.8. The first-order valence-corrected chi connectivity index (χ1v) is 8.76. The van der Waals surface area contributed by atoms with Crippen molar-refractivity contribution in [2.75, 3.05) is 33.7 Å². The fraction of sp³-hybridized carbons (Fsp3) is 0.812. The van der Waals surface area contributed by atoms with Gasteiger partial charge in [0.15, 0.2) is 5.96 Å². The maximum Gasteiger partial charge on any atom is 0.191 e. The van der Waals surface area contributed by atoms with Gasteiger partial charge in [0.2, 0.25) is 0 Å². The third-order valence-electron chi connectivity index (χ3n) is 4.59. The van der Waals surface area contributed by atoms with E-state index in [4.69, 9.17) is 0 Å². The zero-order valence-corrected chi connectivity index (χ0v) is 17.5. The maximum atomic E-state index is 4.28. The van der Waals surface area contributed by atoms with Gasteiger partial charge in [-0.3, -0.25) is 4.99 Å². The summed E-state index contributed by atoms with van der Waals surface area (Å²) in [5.74, 6) is 1.88. The molecule has 1 fully saturated rings. The van der Waals surface area contributed by atoms with Crippen LogP contribution >= 0.6 is 24.0 Å². The average Bonchev–Trinajstić information content (AvgIpc) is 3.24. The second-order valence-electron chi connectivity index (χ2n) is 6.14. The largest absolute Gasteiger partial charge is 0.355 e. The van der Waals surface area contributed by atoms with Crippen molar-refractivity contribution in [2.24, 2.45) is 4.99 Å². The van der Waals surface area contributed by atoms with Gasteiger partial charge in [-0.1, -0.05) is 19.8 Å². The molecule has 0 amide bonds. The number of halogens is 1. The first-order chi connectivity index (χ1) is 11.2. The molecule has 1 saturated carbocycles. The Balaban J connectivity index is 0.00000288. The number of aliphatic imine (C=N–C) groups is 1. The molecule has 1 aliphatic carbocycles. The lowest BCUT2D eigenvalue weighted by Gasteiger charge is -2.24. The topological polar surface area (TPSA) is 70.4 Å². The highest BCUT2D eigenvalue weighted by Gasteiger charge is 2.18. The van der Waals surface area contributed by atoms with Crippen LogP contribution in [0.4, 0.5) is 0 Å². The van der Waals surface area contributed by atoms with Gasteiger partial charge in [0, 0.05) is 45.7 Å². The Morgan fingerprint density at radius 1 is 1.33 bits per heavy atom. The molecule has 0 radical (unpaired) electrons. The van der Waals surface area contributed by atoms with Crippen LogP contribution in [0, 0.1) is 0 Å². The van der Waals surface area contributed by atoms with Crippen molar-refractivity contribution in [1.29, 1.82) is 0 Å². The number of nitrogens with one attached hydrogen (secondary N) is 2. The van der Waals surface area contributed by atoms with Gasteiger partial charge in [-0.25, -0.2) is 0 Å². The molecule has 1 heterocycles. The highest BCUT2D eigenvalue weighted by molar-refractivity contribution is 14.0. The van der Waals surface area contributed by atoms with Crippen molar-refractivity contribution >= 4 is 29.9 Å². The number of rotatable bonds is 8. The number of hydrogen-bond acceptors (Lipinski definition) is 4. The van der Waals surface area contributed by atoms with Gasteiger partial charge in [-0.05, 0) is 19.9 Å². The van der Waals surface area contributed by atoms with E-state index >= 15 is 0 Å². The van der Waals surface area contributed by atoms with Crippen molar-refractivity contribution in [3.05, 3.63) is 12.2 Å². The first-order valence-electron chi connectivity index (χ1n) is 8.76. The molecule has 0 unspecified atom stereocenters. The van der Waals surface area contributed by atoms with E-state index < -0.39 is 0 Å². The molecule has 7 nitrogen and oxygen atoms in total. The zero-order chi connectivity index (χ0) is 16.5. The normalized spacial score (nSPS) is 15.6. The van der Waals surface area contributed by atoms with Crippen LogP contribution in [0.3, 0.4) is 0 Å². The Kier molecular flexibility index (Phi) is 10.2. The van der Waals surface area contributed by atoms with E-state index in [1.54, 1.807) is 6.33 Å². The summed E-state index contributed by atoms with van der Waals surface area (Å²) in [7, 11) is 4.04. The standard InChI is InChI=1S/C16H31N7.HI/c1-4-15-21-20-13-23(15)12-10-19-16(17-2)18-9-11-22(3)14-7-5-6-8-14;/h13-14H,4-12H2,1-3H3,(H2,17,18,19);1H. The smallest absolute Gasteiger partial charge is 0.191 e. The minimum Gasteiger partial charge on any atom is -0.355 e. The molecule has 0 aromatic carbocycles. The molecule has 8 heteroatoms. The molecule has 2 rings (SSSR count). The van der Waals surface area contributed by atoms with Crippen LogP contribution in [0.1, 0.15) is 38.4 Å². The highest BCUT2D eigenvalue weighted by atomic mass is 127. The van der Waals surface area contributed by atoms with E-state index in [0.717, 1.165) is 50.4 Å². The third-order valence-corrected chi connectivity index (χ3v) is 4.59. The lowest BCUT2D eigenvalue weighted by Crippen LogP contribution is -2.43. The van der Waals surface area contributed by atoms with Gasteiger partial charge >= 0.3 is 0 Å². The Labute approximate surface area is 162 Å². The summed E-state index contributed by atoms with van der Waals surface area (Å²) in [6, 6.07) is 0.771. The average molecular weight is 449 g/mol. The highest BCUT2D eigenvalue weighted by Crippen LogP contribution is 2.21. The summed E-state index contributed by atoms with van der Waals surface area (Å²) < 4.78 is 2.08. The molecular formula is C16H32IN7. The molecule has 138 valence electrons. The van der Waals surface area contributed by atoms with Gasteiger partial charge < -0.3 is 20.1 Å². The predicted octanol–water partition coefficient (Wildman–Crippen LogP) is 1.50. The monoisotopic (exact) mass is 449 g/mol. The van der Waals surface area contributed by atoms with Gasteiger partial charge in [-0.15, -0.1) is 34.2 Å². The number of aromatic nitrogens is 3. The quantitative estimate of drug-likeness (QED) is 0.358. The second-order valence-corrected chi connectivity index (χ2v) is 6.14. The molecule has 2 N–H and O–H groups in total. The minimum atomic E-state index is 0. The number of hydrogen-bond donors (Lipinski definition) is 2. The van der Waals surface area contributed by atoms with Crippen molar-refractivity contribution in [2.45, 2.75) is 51.6 Å². The number of likely N-dealkylation sites (N-methyl/N-ethyl adjacent to an activating group) is 1. The van der Waals surface area contributed by atoms with E-state index in [-0.39, 0.29) is 24.0 Å². The minimum absolute atomic E-state index is 0. The molecule has 0 aliphatic heterocycles.